The minimum Gasteiger partial charge on any atom is -0.353 e. The molecule has 0 spiro atoms. The van der Waals surface area contributed by atoms with Crippen LogP contribution < -0.4 is 10.2 Å². The lowest BCUT2D eigenvalue weighted by Crippen LogP contribution is -2.51. The van der Waals surface area contributed by atoms with Gasteiger partial charge in [0.05, 0.1) is 5.69 Å². The fourth-order valence-electron chi connectivity index (χ4n) is 5.14. The number of carbonyl (C=O) groups excluding carboxylic acids is 2. The molecule has 0 radical (unpaired) electrons. The zero-order valence-electron chi connectivity index (χ0n) is 17.2. The van der Waals surface area contributed by atoms with Crippen LogP contribution in [0.4, 0.5) is 5.13 Å². The maximum Gasteiger partial charge on any atom is 0.225 e. The summed E-state index contributed by atoms with van der Waals surface area (Å²) in [6, 6.07) is 0.403. The summed E-state index contributed by atoms with van der Waals surface area (Å²) in [5.41, 5.74) is 1.20. The first-order valence-electron chi connectivity index (χ1n) is 11.5. The Bertz CT molecular complexity index is 761. The Labute approximate surface area is 177 Å². The van der Waals surface area contributed by atoms with Gasteiger partial charge in [0.25, 0.3) is 0 Å². The number of nitrogens with zero attached hydrogens (tertiary/aromatic N) is 3. The Hall–Kier alpha value is -1.63. The van der Waals surface area contributed by atoms with Crippen molar-refractivity contribution in [1.29, 1.82) is 0 Å². The van der Waals surface area contributed by atoms with Gasteiger partial charge < -0.3 is 15.1 Å². The Morgan fingerprint density at radius 3 is 2.38 bits per heavy atom. The standard InChI is InChI=1S/C22H32N4O2S/c27-20(23-17-6-1-2-7-17)16-8-9-18-19(14-16)29-22(24-18)26-12-10-25(11-13-26)21(28)15-4-3-5-15/h15-17H,1-14H2,(H,23,27)/t16-/m1/s1. The second-order valence-corrected chi connectivity index (χ2v) is 10.3. The largest absolute Gasteiger partial charge is 0.353 e. The van der Waals surface area contributed by atoms with E-state index in [2.05, 4.69) is 15.1 Å². The maximum absolute atomic E-state index is 12.7. The van der Waals surface area contributed by atoms with Crippen molar-refractivity contribution >= 4 is 28.3 Å². The topological polar surface area (TPSA) is 65.5 Å². The molecule has 0 bridgehead atoms. The van der Waals surface area contributed by atoms with Gasteiger partial charge in [-0.3, -0.25) is 9.59 Å². The number of hydrogen-bond donors (Lipinski definition) is 1. The molecule has 4 aliphatic rings. The number of hydrogen-bond acceptors (Lipinski definition) is 5. The molecule has 3 fully saturated rings. The Kier molecular flexibility index (Phi) is 5.50. The monoisotopic (exact) mass is 416 g/mol. The number of rotatable bonds is 4. The highest BCUT2D eigenvalue weighted by Gasteiger charge is 2.33. The molecular weight excluding hydrogens is 384 g/mol. The zero-order chi connectivity index (χ0) is 19.8. The number of nitrogens with one attached hydrogen (secondary N) is 1. The maximum atomic E-state index is 12.7. The minimum atomic E-state index is 0.105. The quantitative estimate of drug-likeness (QED) is 0.820. The van der Waals surface area contributed by atoms with E-state index in [-0.39, 0.29) is 11.8 Å². The first kappa shape index (κ1) is 19.3. The van der Waals surface area contributed by atoms with Crippen molar-refractivity contribution < 1.29 is 9.59 Å². The van der Waals surface area contributed by atoms with E-state index in [1.165, 1.54) is 29.8 Å². The highest BCUT2D eigenvalue weighted by atomic mass is 32.1. The molecule has 5 rings (SSSR count). The van der Waals surface area contributed by atoms with Crippen LogP contribution >= 0.6 is 11.3 Å². The lowest BCUT2D eigenvalue weighted by atomic mass is 9.84. The molecule has 158 valence electrons. The molecule has 1 aliphatic heterocycles. The summed E-state index contributed by atoms with van der Waals surface area (Å²) in [6.07, 6.45) is 10.8. The van der Waals surface area contributed by atoms with Crippen molar-refractivity contribution in [1.82, 2.24) is 15.2 Å². The normalized spacial score (nSPS) is 25.6. The Balaban J connectivity index is 1.16. The van der Waals surface area contributed by atoms with Gasteiger partial charge in [-0.1, -0.05) is 19.3 Å². The second-order valence-electron chi connectivity index (χ2n) is 9.24. The van der Waals surface area contributed by atoms with Crippen LogP contribution in [0, 0.1) is 11.8 Å². The molecular formula is C22H32N4O2S. The molecule has 0 aromatic carbocycles. The molecule has 1 saturated heterocycles. The van der Waals surface area contributed by atoms with E-state index in [0.717, 1.165) is 76.3 Å². The van der Waals surface area contributed by atoms with Crippen molar-refractivity contribution in [3.8, 4) is 0 Å². The fourth-order valence-corrected chi connectivity index (χ4v) is 6.38. The number of piperazine rings is 1. The molecule has 7 heteroatoms. The molecule has 1 N–H and O–H groups in total. The summed E-state index contributed by atoms with van der Waals surface area (Å²) in [7, 11) is 0. The highest BCUT2D eigenvalue weighted by Crippen LogP contribution is 2.35. The van der Waals surface area contributed by atoms with Gasteiger partial charge in [0.15, 0.2) is 5.13 Å². The highest BCUT2D eigenvalue weighted by molar-refractivity contribution is 7.15. The minimum absolute atomic E-state index is 0.105. The molecule has 1 atom stereocenters. The Morgan fingerprint density at radius 1 is 0.931 bits per heavy atom. The lowest BCUT2D eigenvalue weighted by Gasteiger charge is -2.38. The molecule has 2 heterocycles. The molecule has 1 aromatic heterocycles. The van der Waals surface area contributed by atoms with E-state index in [0.29, 0.717) is 17.9 Å². The van der Waals surface area contributed by atoms with Crippen molar-refractivity contribution in [2.75, 3.05) is 31.1 Å². The SMILES string of the molecule is O=C(NC1CCCC1)[C@@H]1CCc2nc(N3CCN(C(=O)C4CCC4)CC3)sc2C1. The first-order chi connectivity index (χ1) is 14.2. The number of carbonyl (C=O) groups is 2. The predicted molar refractivity (Wildman–Crippen MR) is 114 cm³/mol. The molecule has 0 unspecified atom stereocenters. The predicted octanol–water partition coefficient (Wildman–Crippen LogP) is 2.76. The number of anilines is 1. The van der Waals surface area contributed by atoms with E-state index in [4.69, 9.17) is 4.98 Å². The van der Waals surface area contributed by atoms with Crippen LogP contribution in [0.15, 0.2) is 0 Å². The third-order valence-corrected chi connectivity index (χ3v) is 8.50. The van der Waals surface area contributed by atoms with Crippen molar-refractivity contribution in [2.24, 2.45) is 11.8 Å². The van der Waals surface area contributed by atoms with Gasteiger partial charge in [0.1, 0.15) is 0 Å². The van der Waals surface area contributed by atoms with E-state index in [1.807, 2.05) is 0 Å². The van der Waals surface area contributed by atoms with Gasteiger partial charge in [-0.25, -0.2) is 4.98 Å². The molecule has 3 aliphatic carbocycles. The summed E-state index contributed by atoms with van der Waals surface area (Å²) >= 11 is 1.77. The summed E-state index contributed by atoms with van der Waals surface area (Å²) in [5.74, 6) is 1.01. The summed E-state index contributed by atoms with van der Waals surface area (Å²) in [4.78, 5) is 35.7. The molecule has 1 aromatic rings. The lowest BCUT2D eigenvalue weighted by molar-refractivity contribution is -0.138. The smallest absolute Gasteiger partial charge is 0.225 e. The zero-order valence-corrected chi connectivity index (χ0v) is 18.0. The van der Waals surface area contributed by atoms with Crippen LogP contribution in [0.25, 0.3) is 0 Å². The van der Waals surface area contributed by atoms with E-state index >= 15 is 0 Å². The summed E-state index contributed by atoms with van der Waals surface area (Å²) in [5, 5.41) is 4.37. The Morgan fingerprint density at radius 2 is 1.69 bits per heavy atom. The van der Waals surface area contributed by atoms with Crippen molar-refractivity contribution in [3.05, 3.63) is 10.6 Å². The average molecular weight is 417 g/mol. The van der Waals surface area contributed by atoms with Gasteiger partial charge in [-0.2, -0.15) is 0 Å². The molecule has 2 saturated carbocycles. The van der Waals surface area contributed by atoms with E-state index in [1.54, 1.807) is 11.3 Å². The second kappa shape index (κ2) is 8.25. The van der Waals surface area contributed by atoms with Crippen molar-refractivity contribution in [2.45, 2.75) is 70.3 Å². The number of thiazole rings is 1. The van der Waals surface area contributed by atoms with E-state index < -0.39 is 0 Å². The third-order valence-electron chi connectivity index (χ3n) is 7.32. The van der Waals surface area contributed by atoms with Gasteiger partial charge in [0.2, 0.25) is 11.8 Å². The van der Waals surface area contributed by atoms with Crippen LogP contribution in [0.2, 0.25) is 0 Å². The van der Waals surface area contributed by atoms with Crippen LogP contribution in [0.5, 0.6) is 0 Å². The van der Waals surface area contributed by atoms with Crippen LogP contribution in [0.1, 0.15) is 61.9 Å². The van der Waals surface area contributed by atoms with Crippen LogP contribution in [0.3, 0.4) is 0 Å². The third kappa shape index (κ3) is 4.03. The number of amides is 2. The molecule has 2 amide bonds. The van der Waals surface area contributed by atoms with Crippen LogP contribution in [-0.2, 0) is 22.4 Å². The van der Waals surface area contributed by atoms with Crippen LogP contribution in [-0.4, -0.2) is 53.9 Å². The van der Waals surface area contributed by atoms with Gasteiger partial charge in [-0.05, 0) is 44.9 Å². The average Bonchev–Trinajstić information content (AvgIpc) is 3.35. The molecule has 29 heavy (non-hydrogen) atoms. The first-order valence-corrected chi connectivity index (χ1v) is 12.3. The number of aromatic nitrogens is 1. The number of fused-ring (bicyclic) bond motifs is 1. The van der Waals surface area contributed by atoms with Gasteiger partial charge >= 0.3 is 0 Å². The number of aryl methyl sites for hydroxylation is 1. The van der Waals surface area contributed by atoms with Gasteiger partial charge in [-0.15, -0.1) is 11.3 Å². The summed E-state index contributed by atoms with van der Waals surface area (Å²) < 4.78 is 0. The summed E-state index contributed by atoms with van der Waals surface area (Å²) in [6.45, 7) is 3.37. The van der Waals surface area contributed by atoms with E-state index in [9.17, 15) is 9.59 Å². The fraction of sp³-hybridized carbons (Fsp3) is 0.773. The van der Waals surface area contributed by atoms with Gasteiger partial charge in [0, 0.05) is 48.9 Å². The molecule has 6 nitrogen and oxygen atoms in total. The van der Waals surface area contributed by atoms with Crippen molar-refractivity contribution in [3.63, 3.8) is 0 Å².